The molecule has 160 valence electrons. The van der Waals surface area contributed by atoms with Crippen molar-refractivity contribution in [2.45, 2.75) is 48.9 Å². The largest absolute Gasteiger partial charge is 0.351 e. The number of anilines is 3. The number of nitrogens with zero attached hydrogens (tertiary/aromatic N) is 4. The molecule has 2 aliphatic rings. The molecule has 0 radical (unpaired) electrons. The first kappa shape index (κ1) is 20.8. The van der Waals surface area contributed by atoms with Gasteiger partial charge in [-0.3, -0.25) is 4.79 Å². The molecule has 2 heterocycles. The smallest absolute Gasteiger partial charge is 0.249 e. The Kier molecular flexibility index (Phi) is 5.29. The maximum Gasteiger partial charge on any atom is 0.249 e. The molecule has 30 heavy (non-hydrogen) atoms. The fraction of sp³-hybridized carbons (Fsp3) is 0.450. The molecule has 0 unspecified atom stereocenters. The molecule has 1 aliphatic carbocycles. The van der Waals surface area contributed by atoms with Crippen molar-refractivity contribution in [1.29, 1.82) is 0 Å². The van der Waals surface area contributed by atoms with Crippen LogP contribution in [0.3, 0.4) is 0 Å². The van der Waals surface area contributed by atoms with Crippen molar-refractivity contribution in [3.63, 3.8) is 0 Å². The highest BCUT2D eigenvalue weighted by Gasteiger charge is 2.36. The Morgan fingerprint density at radius 1 is 1.13 bits per heavy atom. The molecule has 1 amide bonds. The van der Waals surface area contributed by atoms with E-state index in [1.807, 2.05) is 25.8 Å². The number of rotatable bonds is 4. The average Bonchev–Trinajstić information content (AvgIpc) is 2.66. The Bertz CT molecular complexity index is 991. The lowest BCUT2D eigenvalue weighted by Crippen LogP contribution is -2.50. The topological polar surface area (TPSA) is 61.4 Å². The number of thioether (sulfide) groups is 1. The summed E-state index contributed by atoms with van der Waals surface area (Å²) >= 11 is 1.33. The van der Waals surface area contributed by atoms with Gasteiger partial charge in [0.15, 0.2) is 23.3 Å². The lowest BCUT2D eigenvalue weighted by atomic mass is 9.92. The van der Waals surface area contributed by atoms with E-state index in [4.69, 9.17) is 0 Å². The lowest BCUT2D eigenvalue weighted by Gasteiger charge is -2.38. The molecule has 1 aliphatic heterocycles. The van der Waals surface area contributed by atoms with Gasteiger partial charge < -0.3 is 15.1 Å². The van der Waals surface area contributed by atoms with E-state index in [0.717, 1.165) is 25.0 Å². The average molecular weight is 437 g/mol. The zero-order chi connectivity index (χ0) is 21.7. The fourth-order valence-electron chi connectivity index (χ4n) is 3.75. The molecule has 4 rings (SSSR count). The summed E-state index contributed by atoms with van der Waals surface area (Å²) in [7, 11) is 3.56. The van der Waals surface area contributed by atoms with Gasteiger partial charge in [0.05, 0.1) is 5.69 Å². The summed E-state index contributed by atoms with van der Waals surface area (Å²) in [6.07, 6.45) is 1.52. The summed E-state index contributed by atoms with van der Waals surface area (Å²) in [5.74, 6) is -2.62. The number of amides is 1. The van der Waals surface area contributed by atoms with E-state index < -0.39 is 17.5 Å². The highest BCUT2D eigenvalue weighted by molar-refractivity contribution is 8.00. The van der Waals surface area contributed by atoms with E-state index in [9.17, 15) is 18.0 Å². The van der Waals surface area contributed by atoms with Gasteiger partial charge in [-0.25, -0.2) is 18.2 Å². The summed E-state index contributed by atoms with van der Waals surface area (Å²) < 4.78 is 39.8. The minimum atomic E-state index is -1.45. The molecular weight excluding hydrogens is 415 g/mol. The molecule has 0 saturated heterocycles. The van der Waals surface area contributed by atoms with Crippen LogP contribution in [0.4, 0.5) is 30.6 Å². The lowest BCUT2D eigenvalue weighted by molar-refractivity contribution is -0.119. The molecule has 1 fully saturated rings. The zero-order valence-electron chi connectivity index (χ0n) is 17.0. The fourth-order valence-corrected chi connectivity index (χ4v) is 5.13. The van der Waals surface area contributed by atoms with Gasteiger partial charge >= 0.3 is 0 Å². The number of aromatic nitrogens is 2. The van der Waals surface area contributed by atoms with Crippen LogP contribution in [0.5, 0.6) is 0 Å². The molecular formula is C20H22F3N5OS. The number of aryl methyl sites for hydroxylation is 1. The standard InChI is InChI=1S/C20H22F3N5OS/c1-9-17-18(27(3)10(2)19(29)28(17)4)26-20(24-9)25-11-5-12(6-11)30-13-7-14(21)16(23)15(22)8-13/h7-8,10-12H,5-6H2,1-4H3,(H,24,25,26)/t10-,11?,12?/m0/s1. The Morgan fingerprint density at radius 3 is 2.40 bits per heavy atom. The normalized spacial score (nSPS) is 23.3. The molecule has 2 aromatic rings. The first-order chi connectivity index (χ1) is 14.2. The summed E-state index contributed by atoms with van der Waals surface area (Å²) in [6, 6.07) is 1.86. The Balaban J connectivity index is 1.42. The quantitative estimate of drug-likeness (QED) is 0.736. The molecule has 1 N–H and O–H groups in total. The molecule has 0 spiro atoms. The Hall–Kier alpha value is -2.49. The van der Waals surface area contributed by atoms with Gasteiger partial charge in [0.2, 0.25) is 11.9 Å². The number of benzene rings is 1. The van der Waals surface area contributed by atoms with Crippen LogP contribution in [0.1, 0.15) is 25.5 Å². The summed E-state index contributed by atoms with van der Waals surface area (Å²) in [6.45, 7) is 3.68. The van der Waals surface area contributed by atoms with Crippen molar-refractivity contribution in [2.75, 3.05) is 29.2 Å². The predicted octanol–water partition coefficient (Wildman–Crippen LogP) is 3.74. The van der Waals surface area contributed by atoms with E-state index in [1.165, 1.54) is 11.8 Å². The molecule has 6 nitrogen and oxygen atoms in total. The van der Waals surface area contributed by atoms with Gasteiger partial charge in [-0.15, -0.1) is 11.8 Å². The van der Waals surface area contributed by atoms with Gasteiger partial charge in [-0.05, 0) is 38.8 Å². The zero-order valence-corrected chi connectivity index (χ0v) is 17.9. The highest BCUT2D eigenvalue weighted by atomic mass is 32.2. The van der Waals surface area contributed by atoms with Gasteiger partial charge in [0.25, 0.3) is 0 Å². The molecule has 0 bridgehead atoms. The number of halogens is 3. The molecule has 1 aromatic heterocycles. The van der Waals surface area contributed by atoms with Gasteiger partial charge in [0, 0.05) is 30.3 Å². The number of carbonyl (C=O) groups excluding carboxylic acids is 1. The molecule has 1 atom stereocenters. The summed E-state index contributed by atoms with van der Waals surface area (Å²) in [4.78, 5) is 25.3. The van der Waals surface area contributed by atoms with Gasteiger partial charge in [0.1, 0.15) is 11.7 Å². The second-order valence-electron chi connectivity index (χ2n) is 7.74. The SMILES string of the molecule is Cc1nc(NC2CC(Sc3cc(F)c(F)c(F)c3)C2)nc2c1N(C)C(=O)[C@H](C)N2C. The van der Waals surface area contributed by atoms with Crippen molar-refractivity contribution < 1.29 is 18.0 Å². The third-order valence-corrected chi connectivity index (χ3v) is 6.89. The van der Waals surface area contributed by atoms with Crippen LogP contribution in [0.2, 0.25) is 0 Å². The van der Waals surface area contributed by atoms with Crippen molar-refractivity contribution in [1.82, 2.24) is 9.97 Å². The van der Waals surface area contributed by atoms with Crippen LogP contribution >= 0.6 is 11.8 Å². The molecule has 1 aromatic carbocycles. The third-order valence-electron chi connectivity index (χ3n) is 5.67. The molecule has 10 heteroatoms. The monoisotopic (exact) mass is 437 g/mol. The van der Waals surface area contributed by atoms with Gasteiger partial charge in [-0.2, -0.15) is 4.98 Å². The first-order valence-electron chi connectivity index (χ1n) is 9.62. The molecule has 1 saturated carbocycles. The maximum absolute atomic E-state index is 13.4. The maximum atomic E-state index is 13.4. The number of nitrogens with one attached hydrogen (secondary N) is 1. The van der Waals surface area contributed by atoms with Crippen molar-refractivity contribution in [2.24, 2.45) is 0 Å². The van der Waals surface area contributed by atoms with E-state index in [-0.39, 0.29) is 23.2 Å². The van der Waals surface area contributed by atoms with Crippen molar-refractivity contribution in [3.05, 3.63) is 35.3 Å². The van der Waals surface area contributed by atoms with E-state index in [1.54, 1.807) is 11.9 Å². The van der Waals surface area contributed by atoms with Crippen LogP contribution < -0.4 is 15.1 Å². The van der Waals surface area contributed by atoms with Crippen molar-refractivity contribution in [3.8, 4) is 0 Å². The third kappa shape index (κ3) is 3.57. The van der Waals surface area contributed by atoms with Crippen LogP contribution in [-0.4, -0.2) is 47.3 Å². The number of fused-ring (bicyclic) bond motifs is 1. The van der Waals surface area contributed by atoms with Crippen LogP contribution in [0.15, 0.2) is 17.0 Å². The number of likely N-dealkylation sites (N-methyl/N-ethyl adjacent to an activating group) is 2. The number of carbonyl (C=O) groups is 1. The number of hydrogen-bond donors (Lipinski definition) is 1. The second-order valence-corrected chi connectivity index (χ2v) is 9.12. The second kappa shape index (κ2) is 7.64. The first-order valence-corrected chi connectivity index (χ1v) is 10.5. The summed E-state index contributed by atoms with van der Waals surface area (Å²) in [5, 5.41) is 3.47. The van der Waals surface area contributed by atoms with E-state index in [0.29, 0.717) is 28.0 Å². The van der Waals surface area contributed by atoms with Crippen LogP contribution in [0, 0.1) is 24.4 Å². The van der Waals surface area contributed by atoms with Crippen LogP contribution in [0.25, 0.3) is 0 Å². The highest BCUT2D eigenvalue weighted by Crippen LogP contribution is 2.40. The Morgan fingerprint density at radius 2 is 1.77 bits per heavy atom. The van der Waals surface area contributed by atoms with E-state index in [2.05, 4.69) is 15.3 Å². The Labute approximate surface area is 176 Å². The minimum absolute atomic E-state index is 0.00932. The van der Waals surface area contributed by atoms with Gasteiger partial charge in [-0.1, -0.05) is 0 Å². The minimum Gasteiger partial charge on any atom is -0.351 e. The van der Waals surface area contributed by atoms with Crippen LogP contribution in [-0.2, 0) is 4.79 Å². The van der Waals surface area contributed by atoms with E-state index >= 15 is 0 Å². The number of hydrogen-bond acceptors (Lipinski definition) is 6. The summed E-state index contributed by atoms with van der Waals surface area (Å²) in [5.41, 5.74) is 1.41. The predicted molar refractivity (Wildman–Crippen MR) is 111 cm³/mol. The van der Waals surface area contributed by atoms with Crippen molar-refractivity contribution >= 4 is 35.1 Å².